The van der Waals surface area contributed by atoms with Gasteiger partial charge in [0, 0.05) is 39.3 Å². The number of ether oxygens (including phenoxy) is 1. The van der Waals surface area contributed by atoms with Crippen LogP contribution in [-0.4, -0.2) is 80.3 Å². The van der Waals surface area contributed by atoms with E-state index < -0.39 is 10.0 Å². The summed E-state index contributed by atoms with van der Waals surface area (Å²) in [6.45, 7) is 5.42. The minimum absolute atomic E-state index is 0.0582. The number of likely N-dealkylation sites (tertiary alicyclic amines) is 1. The number of methoxy groups -OCH3 is 1. The Kier molecular flexibility index (Phi) is 11.5. The van der Waals surface area contributed by atoms with Gasteiger partial charge in [0.25, 0.3) is 0 Å². The van der Waals surface area contributed by atoms with Gasteiger partial charge in [-0.3, -0.25) is 9.59 Å². The average Bonchev–Trinajstić information content (AvgIpc) is 3.04. The summed E-state index contributed by atoms with van der Waals surface area (Å²) < 4.78 is 33.5. The van der Waals surface area contributed by atoms with E-state index in [2.05, 4.69) is 0 Å². The molecule has 3 aromatic rings. The van der Waals surface area contributed by atoms with E-state index in [1.54, 1.807) is 23.1 Å². The van der Waals surface area contributed by atoms with E-state index in [-0.39, 0.29) is 48.4 Å². The van der Waals surface area contributed by atoms with Gasteiger partial charge in [-0.15, -0.1) is 0 Å². The van der Waals surface area contributed by atoms with Crippen LogP contribution in [0.15, 0.2) is 89.8 Å². The highest BCUT2D eigenvalue weighted by atomic mass is 32.2. The SMILES string of the molecule is CC[C@@H](C(=O)N1CCC(N(Cc2ccc(C)cc2)C(=O)CN(CCOC)S(=O)(=O)c2ccccc2)CC1)c1ccccc1. The highest BCUT2D eigenvalue weighted by Gasteiger charge is 2.34. The minimum atomic E-state index is -3.92. The third kappa shape index (κ3) is 8.31. The first-order valence-corrected chi connectivity index (χ1v) is 16.4. The second-order valence-corrected chi connectivity index (χ2v) is 13.0. The molecule has 8 nitrogen and oxygen atoms in total. The Hall–Kier alpha value is -3.53. The van der Waals surface area contributed by atoms with Crippen LogP contribution < -0.4 is 0 Å². The van der Waals surface area contributed by atoms with Crippen molar-refractivity contribution in [3.05, 3.63) is 102 Å². The molecule has 0 aliphatic carbocycles. The second kappa shape index (κ2) is 15.3. The van der Waals surface area contributed by atoms with Gasteiger partial charge in [-0.25, -0.2) is 8.42 Å². The molecule has 0 saturated carbocycles. The maximum atomic E-state index is 14.0. The molecule has 1 atom stereocenters. The van der Waals surface area contributed by atoms with E-state index >= 15 is 0 Å². The Labute approximate surface area is 256 Å². The molecular formula is C34H43N3O5S. The highest BCUT2D eigenvalue weighted by molar-refractivity contribution is 7.89. The summed E-state index contributed by atoms with van der Waals surface area (Å²) in [7, 11) is -2.41. The van der Waals surface area contributed by atoms with Gasteiger partial charge in [-0.1, -0.05) is 85.3 Å². The molecule has 1 aliphatic heterocycles. The van der Waals surface area contributed by atoms with Crippen molar-refractivity contribution in [2.75, 3.05) is 39.9 Å². The van der Waals surface area contributed by atoms with Crippen molar-refractivity contribution in [3.63, 3.8) is 0 Å². The third-order valence-electron chi connectivity index (χ3n) is 8.16. The standard InChI is InChI=1S/C34H43N3O5S/c1-4-32(29-11-7-5-8-12-29)34(39)35-21-19-30(20-22-35)37(25-28-17-15-27(2)16-18-28)33(38)26-36(23-24-42-3)43(40,41)31-13-9-6-10-14-31/h5-18,30,32H,4,19-26H2,1-3H3/t32-/m1/s1. The largest absolute Gasteiger partial charge is 0.383 e. The van der Waals surface area contributed by atoms with E-state index in [0.717, 1.165) is 16.7 Å². The van der Waals surface area contributed by atoms with Crippen molar-refractivity contribution in [1.29, 1.82) is 0 Å². The van der Waals surface area contributed by atoms with Gasteiger partial charge in [0.1, 0.15) is 0 Å². The van der Waals surface area contributed by atoms with Crippen LogP contribution in [0.4, 0.5) is 0 Å². The first-order valence-electron chi connectivity index (χ1n) is 15.0. The summed E-state index contributed by atoms with van der Waals surface area (Å²) in [6, 6.07) is 25.9. The van der Waals surface area contributed by atoms with Gasteiger partial charge in [0.05, 0.1) is 24.0 Å². The molecule has 0 unspecified atom stereocenters. The monoisotopic (exact) mass is 605 g/mol. The number of hydrogen-bond acceptors (Lipinski definition) is 5. The second-order valence-electron chi connectivity index (χ2n) is 11.1. The fourth-order valence-electron chi connectivity index (χ4n) is 5.63. The van der Waals surface area contributed by atoms with Gasteiger partial charge >= 0.3 is 0 Å². The fourth-order valence-corrected chi connectivity index (χ4v) is 7.02. The van der Waals surface area contributed by atoms with E-state index in [1.165, 1.54) is 23.5 Å². The Balaban J connectivity index is 1.53. The molecule has 2 amide bonds. The number of carbonyl (C=O) groups is 2. The summed E-state index contributed by atoms with van der Waals surface area (Å²) in [5.74, 6) is -0.347. The molecule has 230 valence electrons. The quantitative estimate of drug-likeness (QED) is 0.278. The van der Waals surface area contributed by atoms with Crippen LogP contribution in [0.5, 0.6) is 0 Å². The minimum Gasteiger partial charge on any atom is -0.383 e. The number of carbonyl (C=O) groups excluding carboxylic acids is 2. The molecule has 1 saturated heterocycles. The van der Waals surface area contributed by atoms with Crippen LogP contribution in [0.1, 0.15) is 48.8 Å². The van der Waals surface area contributed by atoms with Crippen molar-refractivity contribution in [3.8, 4) is 0 Å². The molecule has 0 radical (unpaired) electrons. The zero-order chi connectivity index (χ0) is 30.8. The van der Waals surface area contributed by atoms with Crippen molar-refractivity contribution in [2.24, 2.45) is 0 Å². The summed E-state index contributed by atoms with van der Waals surface area (Å²) >= 11 is 0. The lowest BCUT2D eigenvalue weighted by Crippen LogP contribution is -2.52. The number of piperidine rings is 1. The fraction of sp³-hybridized carbons (Fsp3) is 0.412. The van der Waals surface area contributed by atoms with Crippen LogP contribution in [0.2, 0.25) is 0 Å². The lowest BCUT2D eigenvalue weighted by Gasteiger charge is -2.40. The van der Waals surface area contributed by atoms with Gasteiger partial charge < -0.3 is 14.5 Å². The molecule has 0 spiro atoms. The van der Waals surface area contributed by atoms with Crippen LogP contribution in [0.3, 0.4) is 0 Å². The maximum Gasteiger partial charge on any atom is 0.243 e. The summed E-state index contributed by atoms with van der Waals surface area (Å²) in [5, 5.41) is 0. The lowest BCUT2D eigenvalue weighted by molar-refractivity contribution is -0.138. The summed E-state index contributed by atoms with van der Waals surface area (Å²) in [6.07, 6.45) is 1.96. The molecule has 1 heterocycles. The number of nitrogens with zero attached hydrogens (tertiary/aromatic N) is 3. The molecular weight excluding hydrogens is 562 g/mol. The normalized spacial score (nSPS) is 14.9. The van der Waals surface area contributed by atoms with Crippen molar-refractivity contribution in [1.82, 2.24) is 14.1 Å². The molecule has 9 heteroatoms. The predicted octanol–water partition coefficient (Wildman–Crippen LogP) is 4.85. The van der Waals surface area contributed by atoms with Crippen molar-refractivity contribution in [2.45, 2.75) is 56.5 Å². The van der Waals surface area contributed by atoms with Gasteiger partial charge in [0.2, 0.25) is 21.8 Å². The number of aryl methyl sites for hydroxylation is 1. The van der Waals surface area contributed by atoms with Crippen LogP contribution in [0, 0.1) is 6.92 Å². The Bertz CT molecular complexity index is 1420. The van der Waals surface area contributed by atoms with E-state index in [4.69, 9.17) is 4.74 Å². The van der Waals surface area contributed by atoms with Gasteiger partial charge in [-0.05, 0) is 49.4 Å². The predicted molar refractivity (Wildman–Crippen MR) is 168 cm³/mol. The molecule has 1 aliphatic rings. The molecule has 43 heavy (non-hydrogen) atoms. The van der Waals surface area contributed by atoms with E-state index in [0.29, 0.717) is 38.9 Å². The molecule has 4 rings (SSSR count). The average molecular weight is 606 g/mol. The first-order chi connectivity index (χ1) is 20.7. The van der Waals surface area contributed by atoms with Crippen molar-refractivity contribution < 1.29 is 22.7 Å². The number of sulfonamides is 1. The van der Waals surface area contributed by atoms with Gasteiger partial charge in [-0.2, -0.15) is 4.31 Å². The highest BCUT2D eigenvalue weighted by Crippen LogP contribution is 2.27. The zero-order valence-electron chi connectivity index (χ0n) is 25.4. The topological polar surface area (TPSA) is 87.2 Å². The molecule has 0 bridgehead atoms. The third-order valence-corrected chi connectivity index (χ3v) is 10.0. The number of benzene rings is 3. The number of hydrogen-bond donors (Lipinski definition) is 0. The van der Waals surface area contributed by atoms with Crippen LogP contribution in [0.25, 0.3) is 0 Å². The Morgan fingerprint density at radius 1 is 0.930 bits per heavy atom. The number of amides is 2. The smallest absolute Gasteiger partial charge is 0.243 e. The molecule has 1 fully saturated rings. The number of rotatable bonds is 13. The van der Waals surface area contributed by atoms with Gasteiger partial charge in [0.15, 0.2) is 0 Å². The Morgan fingerprint density at radius 3 is 2.12 bits per heavy atom. The Morgan fingerprint density at radius 2 is 1.53 bits per heavy atom. The summed E-state index contributed by atoms with van der Waals surface area (Å²) in [5.41, 5.74) is 3.11. The molecule has 0 N–H and O–H groups in total. The van der Waals surface area contributed by atoms with Crippen molar-refractivity contribution >= 4 is 21.8 Å². The van der Waals surface area contributed by atoms with Crippen LogP contribution in [-0.2, 0) is 30.9 Å². The zero-order valence-corrected chi connectivity index (χ0v) is 26.2. The van der Waals surface area contributed by atoms with E-state index in [1.807, 2.05) is 73.3 Å². The lowest BCUT2D eigenvalue weighted by atomic mass is 9.93. The van der Waals surface area contributed by atoms with Crippen LogP contribution >= 0.6 is 0 Å². The summed E-state index contributed by atoms with van der Waals surface area (Å²) in [4.78, 5) is 31.4. The first kappa shape index (κ1) is 32.4. The van der Waals surface area contributed by atoms with E-state index in [9.17, 15) is 18.0 Å². The molecule has 0 aromatic heterocycles. The molecule has 3 aromatic carbocycles. The maximum absolute atomic E-state index is 14.0.